The average molecular weight is 514 g/mol. The molecule has 194 valence electrons. The zero-order valence-electron chi connectivity index (χ0n) is 20.4. The lowest BCUT2D eigenvalue weighted by Crippen LogP contribution is -2.33. The lowest BCUT2D eigenvalue weighted by atomic mass is 10.0. The van der Waals surface area contributed by atoms with Crippen molar-refractivity contribution in [1.29, 1.82) is 0 Å². The van der Waals surface area contributed by atoms with Gasteiger partial charge in [0.1, 0.15) is 11.5 Å². The molecule has 1 amide bonds. The molecule has 4 rings (SSSR count). The number of halogens is 3. The standard InChI is InChI=1S/C28H26F3NO5/c1-35-26(33)15-18-6-5-8-22(14-18)37-25-13-11-21(28(29,30)31)16-20(25)17-32(27(34)36-2)24-12-10-19-7-3-4-9-23(19)24/h3-9,11,13-14,16,24H,10,12,15,17H2,1-2H3. The average Bonchev–Trinajstić information content (AvgIpc) is 3.31. The summed E-state index contributed by atoms with van der Waals surface area (Å²) < 4.78 is 56.5. The molecule has 0 N–H and O–H groups in total. The number of carbonyl (C=O) groups is 2. The van der Waals surface area contributed by atoms with Crippen molar-refractivity contribution in [2.75, 3.05) is 14.2 Å². The number of carbonyl (C=O) groups excluding carboxylic acids is 2. The van der Waals surface area contributed by atoms with Crippen molar-refractivity contribution in [2.24, 2.45) is 0 Å². The van der Waals surface area contributed by atoms with Gasteiger partial charge in [0.25, 0.3) is 0 Å². The summed E-state index contributed by atoms with van der Waals surface area (Å²) in [4.78, 5) is 25.9. The summed E-state index contributed by atoms with van der Waals surface area (Å²) in [5.41, 5.74) is 1.97. The third-order valence-electron chi connectivity index (χ3n) is 6.32. The van der Waals surface area contributed by atoms with Crippen LogP contribution in [0.2, 0.25) is 0 Å². The first kappa shape index (κ1) is 26.1. The van der Waals surface area contributed by atoms with E-state index in [9.17, 15) is 22.8 Å². The lowest BCUT2D eigenvalue weighted by molar-refractivity contribution is -0.140. The van der Waals surface area contributed by atoms with E-state index >= 15 is 0 Å². The van der Waals surface area contributed by atoms with Crippen LogP contribution in [0.3, 0.4) is 0 Å². The number of hydrogen-bond donors (Lipinski definition) is 0. The Bertz CT molecular complexity index is 1290. The molecule has 0 saturated carbocycles. The minimum absolute atomic E-state index is 0.0186. The Morgan fingerprint density at radius 3 is 2.49 bits per heavy atom. The first-order valence-electron chi connectivity index (χ1n) is 11.7. The van der Waals surface area contributed by atoms with E-state index in [-0.39, 0.29) is 30.3 Å². The summed E-state index contributed by atoms with van der Waals surface area (Å²) >= 11 is 0. The number of alkyl halides is 3. The Hall–Kier alpha value is -4.01. The number of amides is 1. The maximum Gasteiger partial charge on any atom is 0.416 e. The second-order valence-corrected chi connectivity index (χ2v) is 8.67. The van der Waals surface area contributed by atoms with Crippen LogP contribution >= 0.6 is 0 Å². The van der Waals surface area contributed by atoms with E-state index in [0.717, 1.165) is 29.7 Å². The predicted molar refractivity (Wildman–Crippen MR) is 129 cm³/mol. The lowest BCUT2D eigenvalue weighted by Gasteiger charge is -2.29. The fourth-order valence-corrected chi connectivity index (χ4v) is 4.52. The van der Waals surface area contributed by atoms with E-state index in [2.05, 4.69) is 0 Å². The molecule has 0 aromatic heterocycles. The van der Waals surface area contributed by atoms with Crippen LogP contribution in [0.15, 0.2) is 66.7 Å². The van der Waals surface area contributed by atoms with E-state index in [0.29, 0.717) is 17.7 Å². The SMILES string of the molecule is COC(=O)Cc1cccc(Oc2ccc(C(F)(F)F)cc2CN(C(=O)OC)C2CCc3ccccc32)c1. The molecule has 1 aliphatic carbocycles. The van der Waals surface area contributed by atoms with Gasteiger partial charge in [0.05, 0.1) is 38.8 Å². The largest absolute Gasteiger partial charge is 0.469 e. The zero-order valence-corrected chi connectivity index (χ0v) is 20.4. The molecule has 3 aromatic carbocycles. The maximum absolute atomic E-state index is 13.6. The van der Waals surface area contributed by atoms with E-state index in [1.807, 2.05) is 24.3 Å². The molecule has 1 unspecified atom stereocenters. The van der Waals surface area contributed by atoms with Gasteiger partial charge in [0.15, 0.2) is 0 Å². The van der Waals surface area contributed by atoms with Crippen LogP contribution in [0.4, 0.5) is 18.0 Å². The monoisotopic (exact) mass is 513 g/mol. The first-order chi connectivity index (χ1) is 17.7. The van der Waals surface area contributed by atoms with Gasteiger partial charge in [-0.25, -0.2) is 4.79 Å². The number of aryl methyl sites for hydroxylation is 1. The van der Waals surface area contributed by atoms with Crippen LogP contribution < -0.4 is 4.74 Å². The van der Waals surface area contributed by atoms with Gasteiger partial charge >= 0.3 is 18.2 Å². The number of rotatable bonds is 7. The van der Waals surface area contributed by atoms with Crippen LogP contribution in [-0.2, 0) is 39.8 Å². The summed E-state index contributed by atoms with van der Waals surface area (Å²) in [6, 6.07) is 17.1. The van der Waals surface area contributed by atoms with Gasteiger partial charge in [-0.05, 0) is 59.9 Å². The Morgan fingerprint density at radius 2 is 1.76 bits per heavy atom. The molecular weight excluding hydrogens is 487 g/mol. The number of nitrogens with zero attached hydrogens (tertiary/aromatic N) is 1. The second kappa shape index (κ2) is 10.9. The number of ether oxygens (including phenoxy) is 3. The fourth-order valence-electron chi connectivity index (χ4n) is 4.52. The number of fused-ring (bicyclic) bond motifs is 1. The van der Waals surface area contributed by atoms with Crippen molar-refractivity contribution >= 4 is 12.1 Å². The van der Waals surface area contributed by atoms with Gasteiger partial charge in [-0.3, -0.25) is 9.69 Å². The van der Waals surface area contributed by atoms with Crippen LogP contribution in [0, 0.1) is 0 Å². The number of esters is 1. The van der Waals surface area contributed by atoms with Gasteiger partial charge in [-0.2, -0.15) is 13.2 Å². The highest BCUT2D eigenvalue weighted by atomic mass is 19.4. The fraction of sp³-hybridized carbons (Fsp3) is 0.286. The predicted octanol–water partition coefficient (Wildman–Crippen LogP) is 6.47. The third-order valence-corrected chi connectivity index (χ3v) is 6.32. The molecule has 1 aliphatic rings. The minimum atomic E-state index is -4.58. The number of benzene rings is 3. The Morgan fingerprint density at radius 1 is 0.973 bits per heavy atom. The van der Waals surface area contributed by atoms with Crippen LogP contribution in [-0.4, -0.2) is 31.2 Å². The first-order valence-corrected chi connectivity index (χ1v) is 11.7. The van der Waals surface area contributed by atoms with E-state index in [4.69, 9.17) is 14.2 Å². The Balaban J connectivity index is 1.70. The summed E-state index contributed by atoms with van der Waals surface area (Å²) in [6.07, 6.45) is -3.84. The Labute approximate surface area is 212 Å². The van der Waals surface area contributed by atoms with Crippen molar-refractivity contribution in [3.8, 4) is 11.5 Å². The molecule has 0 heterocycles. The van der Waals surface area contributed by atoms with Crippen LogP contribution in [0.25, 0.3) is 0 Å². The highest BCUT2D eigenvalue weighted by Gasteiger charge is 2.34. The van der Waals surface area contributed by atoms with Crippen molar-refractivity contribution in [3.05, 3.63) is 94.5 Å². The molecular formula is C28H26F3NO5. The normalized spacial score (nSPS) is 14.6. The molecule has 3 aromatic rings. The van der Waals surface area contributed by atoms with Gasteiger partial charge in [-0.1, -0.05) is 36.4 Å². The molecule has 0 fully saturated rings. The molecule has 0 aliphatic heterocycles. The highest BCUT2D eigenvalue weighted by molar-refractivity contribution is 5.72. The van der Waals surface area contributed by atoms with Gasteiger partial charge in [0, 0.05) is 5.56 Å². The van der Waals surface area contributed by atoms with E-state index in [1.54, 1.807) is 24.3 Å². The summed E-state index contributed by atoms with van der Waals surface area (Å²) in [5.74, 6) is 0.0552. The molecule has 1 atom stereocenters. The highest BCUT2D eigenvalue weighted by Crippen LogP contribution is 2.39. The minimum Gasteiger partial charge on any atom is -0.469 e. The number of methoxy groups -OCH3 is 2. The summed E-state index contributed by atoms with van der Waals surface area (Å²) in [5, 5.41) is 0. The molecule has 6 nitrogen and oxygen atoms in total. The zero-order chi connectivity index (χ0) is 26.6. The van der Waals surface area contributed by atoms with Gasteiger partial charge in [0.2, 0.25) is 0 Å². The molecule has 0 radical (unpaired) electrons. The second-order valence-electron chi connectivity index (χ2n) is 8.67. The summed E-state index contributed by atoms with van der Waals surface area (Å²) in [6.45, 7) is -0.160. The third kappa shape index (κ3) is 6.04. The topological polar surface area (TPSA) is 65.1 Å². The van der Waals surface area contributed by atoms with Crippen LogP contribution in [0.5, 0.6) is 11.5 Å². The summed E-state index contributed by atoms with van der Waals surface area (Å²) in [7, 11) is 2.53. The van der Waals surface area contributed by atoms with Crippen molar-refractivity contribution in [1.82, 2.24) is 4.90 Å². The van der Waals surface area contributed by atoms with Crippen molar-refractivity contribution < 1.29 is 37.0 Å². The van der Waals surface area contributed by atoms with E-state index in [1.165, 1.54) is 25.2 Å². The maximum atomic E-state index is 13.6. The van der Waals surface area contributed by atoms with Gasteiger partial charge < -0.3 is 14.2 Å². The van der Waals surface area contributed by atoms with Gasteiger partial charge in [-0.15, -0.1) is 0 Å². The Kier molecular flexibility index (Phi) is 7.71. The quantitative estimate of drug-likeness (QED) is 0.339. The smallest absolute Gasteiger partial charge is 0.416 e. The molecule has 0 bridgehead atoms. The van der Waals surface area contributed by atoms with E-state index < -0.39 is 23.8 Å². The van der Waals surface area contributed by atoms with Crippen molar-refractivity contribution in [2.45, 2.75) is 38.0 Å². The molecule has 0 saturated heterocycles. The van der Waals surface area contributed by atoms with Crippen LogP contribution in [0.1, 0.15) is 40.3 Å². The molecule has 37 heavy (non-hydrogen) atoms. The molecule has 0 spiro atoms. The van der Waals surface area contributed by atoms with Crippen molar-refractivity contribution in [3.63, 3.8) is 0 Å². The number of hydrogen-bond acceptors (Lipinski definition) is 5. The molecule has 9 heteroatoms.